The van der Waals surface area contributed by atoms with Crippen LogP contribution in [0.15, 0.2) is 41.0 Å². The van der Waals surface area contributed by atoms with Crippen LogP contribution >= 0.6 is 0 Å². The summed E-state index contributed by atoms with van der Waals surface area (Å²) >= 11 is 0. The summed E-state index contributed by atoms with van der Waals surface area (Å²) in [5.74, 6) is 1.89. The largest absolute Gasteiger partial charge is 0.496 e. The first kappa shape index (κ1) is 12.7. The van der Waals surface area contributed by atoms with Gasteiger partial charge in [0.15, 0.2) is 0 Å². The number of benzene rings is 1. The molecule has 0 bridgehead atoms. The van der Waals surface area contributed by atoms with Crippen molar-refractivity contribution in [3.05, 3.63) is 53.5 Å². The Morgan fingerprint density at radius 2 is 2.06 bits per heavy atom. The van der Waals surface area contributed by atoms with E-state index in [9.17, 15) is 0 Å². The van der Waals surface area contributed by atoms with Gasteiger partial charge in [-0.05, 0) is 31.5 Å². The summed E-state index contributed by atoms with van der Waals surface area (Å²) in [4.78, 5) is 0. The molecule has 0 saturated heterocycles. The van der Waals surface area contributed by atoms with E-state index in [1.54, 1.807) is 13.4 Å². The Hall–Kier alpha value is -1.74. The van der Waals surface area contributed by atoms with Gasteiger partial charge in [-0.3, -0.25) is 0 Å². The first-order valence-corrected chi connectivity index (χ1v) is 6.11. The third-order valence-corrected chi connectivity index (χ3v) is 3.14. The number of methoxy groups -OCH3 is 1. The Labute approximate surface area is 108 Å². The van der Waals surface area contributed by atoms with Gasteiger partial charge in [0.25, 0.3) is 0 Å². The molecule has 3 nitrogen and oxygen atoms in total. The van der Waals surface area contributed by atoms with E-state index in [-0.39, 0.29) is 6.04 Å². The molecule has 0 aliphatic rings. The van der Waals surface area contributed by atoms with Crippen LogP contribution in [0.3, 0.4) is 0 Å². The maximum absolute atomic E-state index is 5.41. The van der Waals surface area contributed by atoms with E-state index < -0.39 is 0 Å². The maximum Gasteiger partial charge on any atom is 0.123 e. The summed E-state index contributed by atoms with van der Waals surface area (Å²) in [5, 5.41) is 3.44. The average molecular weight is 245 g/mol. The molecule has 0 aliphatic carbocycles. The van der Waals surface area contributed by atoms with Gasteiger partial charge in [-0.2, -0.15) is 0 Å². The third-order valence-electron chi connectivity index (χ3n) is 3.14. The molecule has 0 fully saturated rings. The number of ether oxygens (including phenoxy) is 1. The topological polar surface area (TPSA) is 34.4 Å². The molecule has 0 amide bonds. The SMILES string of the molecule is COc1ccccc1[C@@H](C)NCc1occc1C. The van der Waals surface area contributed by atoms with Crippen LogP contribution in [0.4, 0.5) is 0 Å². The lowest BCUT2D eigenvalue weighted by atomic mass is 10.1. The van der Waals surface area contributed by atoms with Crippen LogP contribution in [0.25, 0.3) is 0 Å². The second-order valence-corrected chi connectivity index (χ2v) is 4.37. The van der Waals surface area contributed by atoms with Crippen LogP contribution in [0.2, 0.25) is 0 Å². The Morgan fingerprint density at radius 1 is 1.28 bits per heavy atom. The van der Waals surface area contributed by atoms with Crippen molar-refractivity contribution in [3.8, 4) is 5.75 Å². The average Bonchev–Trinajstić information content (AvgIpc) is 2.81. The van der Waals surface area contributed by atoms with Crippen molar-refractivity contribution in [2.45, 2.75) is 26.4 Å². The molecule has 18 heavy (non-hydrogen) atoms. The van der Waals surface area contributed by atoms with Gasteiger partial charge >= 0.3 is 0 Å². The van der Waals surface area contributed by atoms with Crippen LogP contribution in [-0.4, -0.2) is 7.11 Å². The molecule has 0 aliphatic heterocycles. The zero-order valence-corrected chi connectivity index (χ0v) is 11.1. The molecular formula is C15H19NO2. The summed E-state index contributed by atoms with van der Waals surface area (Å²) in [6, 6.07) is 10.2. The summed E-state index contributed by atoms with van der Waals surface area (Å²) < 4.78 is 10.8. The smallest absolute Gasteiger partial charge is 0.123 e. The van der Waals surface area contributed by atoms with E-state index in [0.717, 1.165) is 23.6 Å². The van der Waals surface area contributed by atoms with Crippen LogP contribution in [-0.2, 0) is 6.54 Å². The summed E-state index contributed by atoms with van der Waals surface area (Å²) in [6.07, 6.45) is 1.72. The monoisotopic (exact) mass is 245 g/mol. The first-order valence-electron chi connectivity index (χ1n) is 6.11. The van der Waals surface area contributed by atoms with Gasteiger partial charge in [0.1, 0.15) is 11.5 Å². The molecule has 3 heteroatoms. The second kappa shape index (κ2) is 5.74. The van der Waals surface area contributed by atoms with Crippen molar-refractivity contribution in [3.63, 3.8) is 0 Å². The fourth-order valence-corrected chi connectivity index (χ4v) is 1.97. The number of nitrogens with one attached hydrogen (secondary N) is 1. The minimum Gasteiger partial charge on any atom is -0.496 e. The van der Waals surface area contributed by atoms with E-state index in [1.165, 1.54) is 5.56 Å². The van der Waals surface area contributed by atoms with Gasteiger partial charge in [0.05, 0.1) is 19.9 Å². The lowest BCUT2D eigenvalue weighted by molar-refractivity contribution is 0.397. The fraction of sp³-hybridized carbons (Fsp3) is 0.333. The van der Waals surface area contributed by atoms with E-state index in [0.29, 0.717) is 0 Å². The predicted molar refractivity (Wildman–Crippen MR) is 71.7 cm³/mol. The van der Waals surface area contributed by atoms with E-state index in [4.69, 9.17) is 9.15 Å². The normalized spacial score (nSPS) is 12.4. The van der Waals surface area contributed by atoms with Gasteiger partial charge in [0, 0.05) is 11.6 Å². The van der Waals surface area contributed by atoms with E-state index >= 15 is 0 Å². The molecule has 0 radical (unpaired) electrons. The van der Waals surface area contributed by atoms with Gasteiger partial charge < -0.3 is 14.5 Å². The second-order valence-electron chi connectivity index (χ2n) is 4.37. The Balaban J connectivity index is 2.03. The zero-order chi connectivity index (χ0) is 13.0. The molecule has 1 N–H and O–H groups in total. The van der Waals surface area contributed by atoms with Gasteiger partial charge in [-0.1, -0.05) is 18.2 Å². The zero-order valence-electron chi connectivity index (χ0n) is 11.1. The van der Waals surface area contributed by atoms with Crippen LogP contribution in [0, 0.1) is 6.92 Å². The Morgan fingerprint density at radius 3 is 2.72 bits per heavy atom. The van der Waals surface area contributed by atoms with E-state index in [1.807, 2.05) is 31.2 Å². The number of para-hydroxylation sites is 1. The highest BCUT2D eigenvalue weighted by atomic mass is 16.5. The number of aryl methyl sites for hydroxylation is 1. The minimum absolute atomic E-state index is 0.214. The summed E-state index contributed by atoms with van der Waals surface area (Å²) in [5.41, 5.74) is 2.33. The quantitative estimate of drug-likeness (QED) is 0.876. The number of rotatable bonds is 5. The lowest BCUT2D eigenvalue weighted by Crippen LogP contribution is -2.18. The molecule has 1 atom stereocenters. The molecule has 1 heterocycles. The summed E-state index contributed by atoms with van der Waals surface area (Å²) in [7, 11) is 1.70. The molecule has 1 aromatic heterocycles. The summed E-state index contributed by atoms with van der Waals surface area (Å²) in [6.45, 7) is 4.89. The van der Waals surface area contributed by atoms with Crippen LogP contribution in [0.5, 0.6) is 5.75 Å². The minimum atomic E-state index is 0.214. The standard InChI is InChI=1S/C15H19NO2/c1-11-8-9-18-15(11)10-16-12(2)13-6-4-5-7-14(13)17-3/h4-9,12,16H,10H2,1-3H3/t12-/m1/s1. The van der Waals surface area contributed by atoms with Crippen LogP contribution < -0.4 is 10.1 Å². The third kappa shape index (κ3) is 2.74. The number of hydrogen-bond acceptors (Lipinski definition) is 3. The van der Waals surface area contributed by atoms with Crippen molar-refractivity contribution in [2.75, 3.05) is 7.11 Å². The van der Waals surface area contributed by atoms with Crippen molar-refractivity contribution in [1.82, 2.24) is 5.32 Å². The first-order chi connectivity index (χ1) is 8.72. The fourth-order valence-electron chi connectivity index (χ4n) is 1.97. The molecule has 2 rings (SSSR count). The maximum atomic E-state index is 5.41. The predicted octanol–water partition coefficient (Wildman–Crippen LogP) is 3.45. The van der Waals surface area contributed by atoms with Gasteiger partial charge in [0.2, 0.25) is 0 Å². The lowest BCUT2D eigenvalue weighted by Gasteiger charge is -2.16. The Kier molecular flexibility index (Phi) is 4.05. The van der Waals surface area contributed by atoms with Gasteiger partial charge in [-0.25, -0.2) is 0 Å². The van der Waals surface area contributed by atoms with Crippen molar-refractivity contribution in [1.29, 1.82) is 0 Å². The van der Waals surface area contributed by atoms with Crippen molar-refractivity contribution < 1.29 is 9.15 Å². The molecule has 1 aromatic carbocycles. The molecular weight excluding hydrogens is 226 g/mol. The molecule has 96 valence electrons. The highest BCUT2D eigenvalue weighted by molar-refractivity contribution is 5.35. The number of hydrogen-bond donors (Lipinski definition) is 1. The van der Waals surface area contributed by atoms with Crippen molar-refractivity contribution in [2.24, 2.45) is 0 Å². The number of furan rings is 1. The highest BCUT2D eigenvalue weighted by Gasteiger charge is 2.11. The Bertz CT molecular complexity index is 505. The highest BCUT2D eigenvalue weighted by Crippen LogP contribution is 2.24. The van der Waals surface area contributed by atoms with E-state index in [2.05, 4.69) is 18.3 Å². The van der Waals surface area contributed by atoms with Gasteiger partial charge in [-0.15, -0.1) is 0 Å². The van der Waals surface area contributed by atoms with Crippen LogP contribution in [0.1, 0.15) is 29.9 Å². The molecule has 2 aromatic rings. The molecule has 0 spiro atoms. The molecule has 0 saturated carbocycles. The molecule has 0 unspecified atom stereocenters. The van der Waals surface area contributed by atoms with Crippen molar-refractivity contribution >= 4 is 0 Å².